The van der Waals surface area contributed by atoms with E-state index >= 15 is 0 Å². The minimum absolute atomic E-state index is 0.0886. The van der Waals surface area contributed by atoms with Crippen LogP contribution >= 0.6 is 0 Å². The van der Waals surface area contributed by atoms with Gasteiger partial charge in [0, 0.05) is 31.7 Å². The second-order valence-corrected chi connectivity index (χ2v) is 7.61. The van der Waals surface area contributed by atoms with Gasteiger partial charge in [0.05, 0.1) is 23.8 Å². The number of amides is 1. The predicted octanol–water partition coefficient (Wildman–Crippen LogP) is 1.34. The highest BCUT2D eigenvalue weighted by molar-refractivity contribution is 7.97. The van der Waals surface area contributed by atoms with Crippen molar-refractivity contribution in [2.75, 3.05) is 39.4 Å². The van der Waals surface area contributed by atoms with Gasteiger partial charge in [0.2, 0.25) is 9.84 Å². The zero-order valence-corrected chi connectivity index (χ0v) is 14.8. The van der Waals surface area contributed by atoms with Gasteiger partial charge in [-0.05, 0) is 19.9 Å². The molecule has 24 heavy (non-hydrogen) atoms. The molecule has 0 spiro atoms. The molecule has 7 heteroatoms. The Bertz CT molecular complexity index is 776. The van der Waals surface area contributed by atoms with Crippen molar-refractivity contribution in [1.82, 2.24) is 9.80 Å². The molecule has 0 bridgehead atoms. The van der Waals surface area contributed by atoms with E-state index in [-0.39, 0.29) is 9.80 Å². The first-order chi connectivity index (χ1) is 11.5. The van der Waals surface area contributed by atoms with Gasteiger partial charge in [0.25, 0.3) is 5.91 Å². The molecule has 3 rings (SSSR count). The number of benzene rings is 1. The Kier molecular flexibility index (Phi) is 4.64. The maximum atomic E-state index is 13.1. The molecule has 0 saturated carbocycles. The summed E-state index contributed by atoms with van der Waals surface area (Å²) in [7, 11) is -3.80. The van der Waals surface area contributed by atoms with Crippen LogP contribution in [0.5, 0.6) is 0 Å². The summed E-state index contributed by atoms with van der Waals surface area (Å²) in [6.45, 7) is 6.89. The zero-order chi connectivity index (χ0) is 17.3. The van der Waals surface area contributed by atoms with E-state index in [2.05, 4.69) is 0 Å². The summed E-state index contributed by atoms with van der Waals surface area (Å²) in [4.78, 5) is 16.7. The van der Waals surface area contributed by atoms with Crippen LogP contribution in [0.4, 0.5) is 0 Å². The topological polar surface area (TPSA) is 66.9 Å². The van der Waals surface area contributed by atoms with Crippen molar-refractivity contribution in [1.29, 1.82) is 0 Å². The lowest BCUT2D eigenvalue weighted by Crippen LogP contribution is -2.42. The second-order valence-electron chi connectivity index (χ2n) is 5.75. The highest BCUT2D eigenvalue weighted by Gasteiger charge is 2.43. The maximum Gasteiger partial charge on any atom is 0.268 e. The summed E-state index contributed by atoms with van der Waals surface area (Å²) in [5, 5.41) is 0. The van der Waals surface area contributed by atoms with Crippen LogP contribution in [0.3, 0.4) is 0 Å². The fraction of sp³-hybridized carbons (Fsp3) is 0.471. The minimum Gasteiger partial charge on any atom is -0.378 e. The molecule has 130 valence electrons. The van der Waals surface area contributed by atoms with E-state index in [1.54, 1.807) is 29.2 Å². The lowest BCUT2D eigenvalue weighted by Gasteiger charge is -2.29. The number of carbonyl (C=O) groups excluding carboxylic acids is 1. The molecule has 2 heterocycles. The molecule has 1 amide bonds. The zero-order valence-electron chi connectivity index (χ0n) is 14.0. The third-order valence-corrected chi connectivity index (χ3v) is 6.33. The molecule has 1 fully saturated rings. The van der Waals surface area contributed by atoms with E-state index in [1.807, 2.05) is 18.7 Å². The van der Waals surface area contributed by atoms with Gasteiger partial charge < -0.3 is 14.5 Å². The number of fused-ring (bicyclic) bond motifs is 1. The highest BCUT2D eigenvalue weighted by atomic mass is 32.2. The standard InChI is InChI=1S/C17H22N2O4S/c1-3-18(4-2)15-13-7-5-6-8-14(13)24(21,22)16(15)17(20)19-9-11-23-12-10-19/h5-8H,3-4,9-12H2,1-2H3. The van der Waals surface area contributed by atoms with Gasteiger partial charge in [0.1, 0.15) is 0 Å². The third-order valence-electron chi connectivity index (χ3n) is 4.49. The number of ether oxygens (including phenoxy) is 1. The SMILES string of the molecule is CCN(CC)C1=C(C(=O)N2CCOCC2)S(=O)(=O)c2ccccc21. The molecule has 1 saturated heterocycles. The van der Waals surface area contributed by atoms with E-state index in [0.29, 0.717) is 50.7 Å². The van der Waals surface area contributed by atoms with Crippen LogP contribution in [-0.2, 0) is 19.4 Å². The van der Waals surface area contributed by atoms with E-state index < -0.39 is 15.7 Å². The smallest absolute Gasteiger partial charge is 0.268 e. The Morgan fingerprint density at radius 2 is 1.79 bits per heavy atom. The van der Waals surface area contributed by atoms with Gasteiger partial charge >= 0.3 is 0 Å². The van der Waals surface area contributed by atoms with Gasteiger partial charge in [0.15, 0.2) is 4.91 Å². The Morgan fingerprint density at radius 1 is 1.17 bits per heavy atom. The number of hydrogen-bond acceptors (Lipinski definition) is 5. The molecular formula is C17H22N2O4S. The Balaban J connectivity index is 2.17. The van der Waals surface area contributed by atoms with Crippen molar-refractivity contribution in [3.63, 3.8) is 0 Å². The first kappa shape index (κ1) is 17.0. The van der Waals surface area contributed by atoms with Crippen LogP contribution in [0.1, 0.15) is 19.4 Å². The minimum atomic E-state index is -3.80. The van der Waals surface area contributed by atoms with Crippen LogP contribution in [0.2, 0.25) is 0 Å². The summed E-state index contributed by atoms with van der Waals surface area (Å²) in [5.74, 6) is -0.420. The number of carbonyl (C=O) groups is 1. The summed E-state index contributed by atoms with van der Waals surface area (Å²) in [5.41, 5.74) is 1.16. The number of rotatable bonds is 4. The molecular weight excluding hydrogens is 328 g/mol. The van der Waals surface area contributed by atoms with Crippen molar-refractivity contribution in [3.05, 3.63) is 34.7 Å². The van der Waals surface area contributed by atoms with Gasteiger partial charge in [-0.1, -0.05) is 18.2 Å². The van der Waals surface area contributed by atoms with E-state index in [4.69, 9.17) is 4.74 Å². The molecule has 0 unspecified atom stereocenters. The van der Waals surface area contributed by atoms with Gasteiger partial charge in [-0.3, -0.25) is 4.79 Å². The highest BCUT2D eigenvalue weighted by Crippen LogP contribution is 2.41. The van der Waals surface area contributed by atoms with Crippen LogP contribution in [0.15, 0.2) is 34.1 Å². The average Bonchev–Trinajstić information content (AvgIpc) is 2.84. The van der Waals surface area contributed by atoms with Crippen molar-refractivity contribution >= 4 is 21.4 Å². The fourth-order valence-electron chi connectivity index (χ4n) is 3.24. The lowest BCUT2D eigenvalue weighted by molar-refractivity contribution is -0.130. The molecule has 0 N–H and O–H groups in total. The largest absolute Gasteiger partial charge is 0.378 e. The second kappa shape index (κ2) is 6.57. The molecule has 1 aromatic rings. The van der Waals surface area contributed by atoms with Crippen molar-refractivity contribution in [2.45, 2.75) is 18.7 Å². The van der Waals surface area contributed by atoms with E-state index in [0.717, 1.165) is 0 Å². The van der Waals surface area contributed by atoms with Crippen LogP contribution in [0.25, 0.3) is 5.70 Å². The monoisotopic (exact) mass is 350 g/mol. The average molecular weight is 350 g/mol. The number of nitrogens with zero attached hydrogens (tertiary/aromatic N) is 2. The molecule has 6 nitrogen and oxygen atoms in total. The normalized spacial score (nSPS) is 19.3. The summed E-state index contributed by atoms with van der Waals surface area (Å²) in [6.07, 6.45) is 0. The van der Waals surface area contributed by atoms with Crippen molar-refractivity contribution in [2.24, 2.45) is 0 Å². The summed E-state index contributed by atoms with van der Waals surface area (Å²) in [6, 6.07) is 6.85. The Labute approximate surface area is 142 Å². The third kappa shape index (κ3) is 2.61. The van der Waals surface area contributed by atoms with Gasteiger partial charge in [-0.2, -0.15) is 0 Å². The molecule has 0 aliphatic carbocycles. The Hall–Kier alpha value is -1.86. The quantitative estimate of drug-likeness (QED) is 0.820. The first-order valence-corrected chi connectivity index (χ1v) is 9.71. The van der Waals surface area contributed by atoms with Crippen molar-refractivity contribution < 1.29 is 17.9 Å². The lowest BCUT2D eigenvalue weighted by atomic mass is 10.1. The van der Waals surface area contributed by atoms with Crippen molar-refractivity contribution in [3.8, 4) is 0 Å². The summed E-state index contributed by atoms with van der Waals surface area (Å²) < 4.78 is 31.4. The Morgan fingerprint density at radius 3 is 2.42 bits per heavy atom. The number of morpholine rings is 1. The van der Waals surface area contributed by atoms with Gasteiger partial charge in [-0.25, -0.2) is 8.42 Å². The molecule has 2 aliphatic rings. The van der Waals surface area contributed by atoms with Crippen LogP contribution < -0.4 is 0 Å². The number of hydrogen-bond donors (Lipinski definition) is 0. The maximum absolute atomic E-state index is 13.1. The van der Waals surface area contributed by atoms with Crippen LogP contribution in [0, 0.1) is 0 Å². The predicted molar refractivity (Wildman–Crippen MR) is 90.9 cm³/mol. The molecule has 0 atom stereocenters. The molecule has 1 aromatic carbocycles. The molecule has 2 aliphatic heterocycles. The first-order valence-electron chi connectivity index (χ1n) is 8.23. The number of sulfone groups is 1. The fourth-order valence-corrected chi connectivity index (χ4v) is 5.02. The van der Waals surface area contributed by atoms with E-state index in [1.165, 1.54) is 0 Å². The van der Waals surface area contributed by atoms with E-state index in [9.17, 15) is 13.2 Å². The van der Waals surface area contributed by atoms with Gasteiger partial charge in [-0.15, -0.1) is 0 Å². The summed E-state index contributed by atoms with van der Waals surface area (Å²) >= 11 is 0. The molecule has 0 aromatic heterocycles. The molecule has 0 radical (unpaired) electrons. The van der Waals surface area contributed by atoms with Crippen LogP contribution in [-0.4, -0.2) is 63.5 Å².